The van der Waals surface area contributed by atoms with E-state index in [1.54, 1.807) is 60.7 Å². The smallest absolute Gasteiger partial charge is 0.343 e. The van der Waals surface area contributed by atoms with Gasteiger partial charge in [-0.05, 0) is 11.1 Å². The average molecular weight is 268 g/mol. The summed E-state index contributed by atoms with van der Waals surface area (Å²) < 4.78 is 0. The van der Waals surface area contributed by atoms with Gasteiger partial charge in [0.25, 0.3) is 0 Å². The molecular formula is C16H12O4. The molecule has 0 atom stereocenters. The summed E-state index contributed by atoms with van der Waals surface area (Å²) in [5, 5.41) is 18.4. The standard InChI is InChI=1S/C16H12O4/c17-15(18)14(16(19)20)13(11-7-3-1-4-8-11)12-9-5-2-6-10-12/h1-10H,(H,17,18)(H,19,20). The molecule has 0 aromatic heterocycles. The summed E-state index contributed by atoms with van der Waals surface area (Å²) in [4.78, 5) is 22.6. The number of benzene rings is 2. The maximum atomic E-state index is 11.3. The van der Waals surface area contributed by atoms with Crippen molar-refractivity contribution in [3.05, 3.63) is 77.4 Å². The fraction of sp³-hybridized carbons (Fsp3) is 0. The molecule has 0 radical (unpaired) electrons. The highest BCUT2D eigenvalue weighted by molar-refractivity contribution is 6.20. The first kappa shape index (κ1) is 13.5. The number of carboxylic acid groups (broad SMARTS) is 2. The Morgan fingerprint density at radius 2 is 1.00 bits per heavy atom. The minimum Gasteiger partial charge on any atom is -0.477 e. The van der Waals surface area contributed by atoms with E-state index < -0.39 is 17.5 Å². The zero-order valence-corrected chi connectivity index (χ0v) is 10.5. The van der Waals surface area contributed by atoms with Gasteiger partial charge in [-0.15, -0.1) is 0 Å². The SMILES string of the molecule is O=C(O)C(C(=O)O)=C(c1ccccc1)c1ccccc1. The van der Waals surface area contributed by atoms with Gasteiger partial charge in [0.1, 0.15) is 0 Å². The van der Waals surface area contributed by atoms with Crippen LogP contribution in [0.25, 0.3) is 5.57 Å². The second-order valence-corrected chi connectivity index (χ2v) is 4.09. The van der Waals surface area contributed by atoms with E-state index in [0.29, 0.717) is 11.1 Å². The third-order valence-electron chi connectivity index (χ3n) is 2.80. The minimum absolute atomic E-state index is 0.200. The molecule has 2 aromatic rings. The van der Waals surface area contributed by atoms with Crippen LogP contribution in [-0.2, 0) is 9.59 Å². The summed E-state index contributed by atoms with van der Waals surface area (Å²) in [6, 6.07) is 17.3. The molecule has 0 saturated carbocycles. The van der Waals surface area contributed by atoms with Crippen molar-refractivity contribution in [2.75, 3.05) is 0 Å². The molecule has 20 heavy (non-hydrogen) atoms. The molecule has 0 aliphatic heterocycles. The summed E-state index contributed by atoms with van der Waals surface area (Å²) in [6.45, 7) is 0. The third kappa shape index (κ3) is 2.75. The predicted molar refractivity (Wildman–Crippen MR) is 74.2 cm³/mol. The largest absolute Gasteiger partial charge is 0.477 e. The van der Waals surface area contributed by atoms with Crippen molar-refractivity contribution in [3.8, 4) is 0 Å². The van der Waals surface area contributed by atoms with E-state index in [0.717, 1.165) is 0 Å². The Bertz CT molecular complexity index is 600. The molecule has 2 rings (SSSR count). The Morgan fingerprint density at radius 1 is 0.650 bits per heavy atom. The molecule has 0 fully saturated rings. The van der Waals surface area contributed by atoms with Crippen molar-refractivity contribution in [2.24, 2.45) is 0 Å². The lowest BCUT2D eigenvalue weighted by Crippen LogP contribution is -2.14. The number of carbonyl (C=O) groups is 2. The Balaban J connectivity index is 2.77. The molecule has 100 valence electrons. The van der Waals surface area contributed by atoms with Crippen LogP contribution in [0.3, 0.4) is 0 Å². The van der Waals surface area contributed by atoms with Crippen LogP contribution in [0.15, 0.2) is 66.2 Å². The van der Waals surface area contributed by atoms with Gasteiger partial charge in [0, 0.05) is 5.57 Å². The van der Waals surface area contributed by atoms with Crippen LogP contribution in [0.4, 0.5) is 0 Å². The molecule has 4 heteroatoms. The lowest BCUT2D eigenvalue weighted by molar-refractivity contribution is -0.140. The van der Waals surface area contributed by atoms with Crippen molar-refractivity contribution in [2.45, 2.75) is 0 Å². The van der Waals surface area contributed by atoms with Crippen LogP contribution >= 0.6 is 0 Å². The Morgan fingerprint density at radius 3 is 1.30 bits per heavy atom. The maximum absolute atomic E-state index is 11.3. The number of hydrogen-bond donors (Lipinski definition) is 2. The Labute approximate surface area is 115 Å². The maximum Gasteiger partial charge on any atom is 0.343 e. The van der Waals surface area contributed by atoms with Crippen LogP contribution in [-0.4, -0.2) is 22.2 Å². The molecule has 0 saturated heterocycles. The van der Waals surface area contributed by atoms with Gasteiger partial charge in [0.05, 0.1) is 0 Å². The lowest BCUT2D eigenvalue weighted by atomic mass is 9.93. The van der Waals surface area contributed by atoms with E-state index in [1.807, 2.05) is 0 Å². The third-order valence-corrected chi connectivity index (χ3v) is 2.80. The van der Waals surface area contributed by atoms with Crippen LogP contribution in [0, 0.1) is 0 Å². The van der Waals surface area contributed by atoms with Gasteiger partial charge < -0.3 is 10.2 Å². The molecule has 0 unspecified atom stereocenters. The lowest BCUT2D eigenvalue weighted by Gasteiger charge is -2.11. The van der Waals surface area contributed by atoms with Crippen molar-refractivity contribution in [1.82, 2.24) is 0 Å². The molecule has 0 aliphatic carbocycles. The van der Waals surface area contributed by atoms with Crippen molar-refractivity contribution >= 4 is 17.5 Å². The molecule has 0 spiro atoms. The molecular weight excluding hydrogens is 256 g/mol. The predicted octanol–water partition coefficient (Wildman–Crippen LogP) is 2.66. The van der Waals surface area contributed by atoms with Crippen LogP contribution in [0.1, 0.15) is 11.1 Å². The Hall–Kier alpha value is -2.88. The minimum atomic E-state index is -1.46. The first-order valence-corrected chi connectivity index (χ1v) is 5.93. The van der Waals surface area contributed by atoms with E-state index in [-0.39, 0.29) is 5.57 Å². The summed E-state index contributed by atoms with van der Waals surface area (Å²) in [6.07, 6.45) is 0. The van der Waals surface area contributed by atoms with E-state index in [1.165, 1.54) is 0 Å². The van der Waals surface area contributed by atoms with E-state index >= 15 is 0 Å². The van der Waals surface area contributed by atoms with Crippen molar-refractivity contribution < 1.29 is 19.8 Å². The van der Waals surface area contributed by atoms with E-state index in [4.69, 9.17) is 0 Å². The first-order chi connectivity index (χ1) is 9.61. The normalized spacial score (nSPS) is 9.80. The topological polar surface area (TPSA) is 74.6 Å². The molecule has 2 aromatic carbocycles. The average Bonchev–Trinajstić information content (AvgIpc) is 2.45. The molecule has 0 bridgehead atoms. The number of rotatable bonds is 4. The number of carboxylic acids is 2. The van der Waals surface area contributed by atoms with Gasteiger partial charge in [0.2, 0.25) is 0 Å². The Kier molecular flexibility index (Phi) is 3.96. The fourth-order valence-corrected chi connectivity index (χ4v) is 1.97. The highest BCUT2D eigenvalue weighted by atomic mass is 16.4. The second kappa shape index (κ2) is 5.84. The van der Waals surface area contributed by atoms with Gasteiger partial charge >= 0.3 is 11.9 Å². The zero-order chi connectivity index (χ0) is 14.5. The summed E-state index contributed by atoms with van der Waals surface area (Å²) in [5.74, 6) is -2.92. The second-order valence-electron chi connectivity index (χ2n) is 4.09. The van der Waals surface area contributed by atoms with Gasteiger partial charge in [-0.3, -0.25) is 0 Å². The fourth-order valence-electron chi connectivity index (χ4n) is 1.97. The first-order valence-electron chi connectivity index (χ1n) is 5.93. The molecule has 4 nitrogen and oxygen atoms in total. The van der Waals surface area contributed by atoms with Crippen LogP contribution < -0.4 is 0 Å². The van der Waals surface area contributed by atoms with Gasteiger partial charge in [-0.2, -0.15) is 0 Å². The van der Waals surface area contributed by atoms with Crippen LogP contribution in [0.5, 0.6) is 0 Å². The van der Waals surface area contributed by atoms with Crippen molar-refractivity contribution in [3.63, 3.8) is 0 Å². The number of aliphatic carboxylic acids is 2. The van der Waals surface area contributed by atoms with Gasteiger partial charge in [-0.25, -0.2) is 9.59 Å². The summed E-state index contributed by atoms with van der Waals surface area (Å²) >= 11 is 0. The van der Waals surface area contributed by atoms with Gasteiger partial charge in [-0.1, -0.05) is 60.7 Å². The molecule has 0 amide bonds. The molecule has 0 heterocycles. The molecule has 2 N–H and O–H groups in total. The van der Waals surface area contributed by atoms with Crippen LogP contribution in [0.2, 0.25) is 0 Å². The van der Waals surface area contributed by atoms with E-state index in [2.05, 4.69) is 0 Å². The quantitative estimate of drug-likeness (QED) is 0.508. The van der Waals surface area contributed by atoms with Gasteiger partial charge in [0.15, 0.2) is 5.57 Å². The van der Waals surface area contributed by atoms with Crippen molar-refractivity contribution in [1.29, 1.82) is 0 Å². The van der Waals surface area contributed by atoms with E-state index in [9.17, 15) is 19.8 Å². The molecule has 0 aliphatic rings. The summed E-state index contributed by atoms with van der Waals surface area (Å²) in [7, 11) is 0. The number of hydrogen-bond acceptors (Lipinski definition) is 2. The highest BCUT2D eigenvalue weighted by Crippen LogP contribution is 2.27. The zero-order valence-electron chi connectivity index (χ0n) is 10.5. The monoisotopic (exact) mass is 268 g/mol. The summed E-state index contributed by atoms with van der Waals surface area (Å²) in [5.41, 5.74) is 0.672. The highest BCUT2D eigenvalue weighted by Gasteiger charge is 2.23.